The lowest BCUT2D eigenvalue weighted by Gasteiger charge is -2.22. The number of rotatable bonds is 3. The lowest BCUT2D eigenvalue weighted by molar-refractivity contribution is -0.156. The van der Waals surface area contributed by atoms with Crippen molar-refractivity contribution in [1.29, 1.82) is 0 Å². The topological polar surface area (TPSA) is 55.8 Å². The first kappa shape index (κ1) is 9.48. The van der Waals surface area contributed by atoms with Crippen LogP contribution in [0.3, 0.4) is 0 Å². The lowest BCUT2D eigenvalue weighted by Crippen LogP contribution is -2.32. The van der Waals surface area contributed by atoms with E-state index in [1.807, 2.05) is 6.92 Å². The zero-order valence-electron chi connectivity index (χ0n) is 7.37. The fourth-order valence-corrected chi connectivity index (χ4v) is 1.48. The Hall–Kier alpha value is -0.610. The van der Waals surface area contributed by atoms with Crippen molar-refractivity contribution in [2.75, 3.05) is 13.7 Å². The number of methoxy groups -OCH3 is 1. The van der Waals surface area contributed by atoms with Gasteiger partial charge >= 0.3 is 5.97 Å². The van der Waals surface area contributed by atoms with E-state index < -0.39 is 17.7 Å². The van der Waals surface area contributed by atoms with E-state index in [1.54, 1.807) is 7.11 Å². The van der Waals surface area contributed by atoms with E-state index in [2.05, 4.69) is 0 Å². The van der Waals surface area contributed by atoms with Crippen LogP contribution in [0.2, 0.25) is 0 Å². The zero-order chi connectivity index (χ0) is 9.19. The number of carboxylic acids is 1. The average Bonchev–Trinajstić information content (AvgIpc) is 2.33. The summed E-state index contributed by atoms with van der Waals surface area (Å²) in [5.74, 6) is -0.880. The molecule has 1 rings (SSSR count). The van der Waals surface area contributed by atoms with Crippen LogP contribution in [0.1, 0.15) is 19.8 Å². The second-order valence-corrected chi connectivity index (χ2v) is 3.37. The third-order valence-corrected chi connectivity index (χ3v) is 2.09. The first-order chi connectivity index (χ1) is 5.57. The zero-order valence-corrected chi connectivity index (χ0v) is 7.37. The second-order valence-electron chi connectivity index (χ2n) is 3.37. The highest BCUT2D eigenvalue weighted by Crippen LogP contribution is 2.30. The summed E-state index contributed by atoms with van der Waals surface area (Å²) >= 11 is 0. The summed E-state index contributed by atoms with van der Waals surface area (Å²) in [5, 5.41) is 8.65. The SMILES string of the molecule is COCC1(C)CCC(C(=O)O)O1. The molecule has 0 aromatic heterocycles. The fourth-order valence-electron chi connectivity index (χ4n) is 1.48. The molecule has 1 heterocycles. The summed E-state index contributed by atoms with van der Waals surface area (Å²) in [4.78, 5) is 10.5. The molecule has 0 amide bonds. The average molecular weight is 174 g/mol. The summed E-state index contributed by atoms with van der Waals surface area (Å²) < 4.78 is 10.3. The number of hydrogen-bond donors (Lipinski definition) is 1. The quantitative estimate of drug-likeness (QED) is 0.682. The molecule has 0 saturated carbocycles. The van der Waals surface area contributed by atoms with E-state index >= 15 is 0 Å². The van der Waals surface area contributed by atoms with Gasteiger partial charge in [-0.2, -0.15) is 0 Å². The maximum atomic E-state index is 10.5. The number of carboxylic acid groups (broad SMARTS) is 1. The van der Waals surface area contributed by atoms with Gasteiger partial charge in [0.1, 0.15) is 0 Å². The molecule has 0 aromatic rings. The van der Waals surface area contributed by atoms with Crippen LogP contribution in [0.25, 0.3) is 0 Å². The van der Waals surface area contributed by atoms with Crippen LogP contribution in [0.5, 0.6) is 0 Å². The fraction of sp³-hybridized carbons (Fsp3) is 0.875. The molecule has 4 nitrogen and oxygen atoms in total. The van der Waals surface area contributed by atoms with Crippen LogP contribution in [0.15, 0.2) is 0 Å². The summed E-state index contributed by atoms with van der Waals surface area (Å²) in [6.07, 6.45) is 0.678. The van der Waals surface area contributed by atoms with Gasteiger partial charge in [0, 0.05) is 7.11 Å². The van der Waals surface area contributed by atoms with Crippen LogP contribution in [0.4, 0.5) is 0 Å². The van der Waals surface area contributed by atoms with Crippen LogP contribution in [-0.4, -0.2) is 36.5 Å². The lowest BCUT2D eigenvalue weighted by atomic mass is 10.0. The Morgan fingerprint density at radius 2 is 2.50 bits per heavy atom. The first-order valence-electron chi connectivity index (χ1n) is 3.97. The van der Waals surface area contributed by atoms with Gasteiger partial charge in [-0.1, -0.05) is 0 Å². The molecule has 2 atom stereocenters. The molecule has 1 aliphatic heterocycles. The van der Waals surface area contributed by atoms with Crippen molar-refractivity contribution in [3.63, 3.8) is 0 Å². The molecule has 4 heteroatoms. The largest absolute Gasteiger partial charge is 0.479 e. The van der Waals surface area contributed by atoms with Gasteiger partial charge in [0.2, 0.25) is 0 Å². The van der Waals surface area contributed by atoms with Gasteiger partial charge in [-0.05, 0) is 19.8 Å². The van der Waals surface area contributed by atoms with Crippen LogP contribution in [-0.2, 0) is 14.3 Å². The van der Waals surface area contributed by atoms with E-state index in [0.29, 0.717) is 13.0 Å². The van der Waals surface area contributed by atoms with Gasteiger partial charge < -0.3 is 14.6 Å². The summed E-state index contributed by atoms with van der Waals surface area (Å²) in [5.41, 5.74) is -0.405. The van der Waals surface area contributed by atoms with Crippen LogP contribution in [0, 0.1) is 0 Å². The summed E-state index contributed by atoms with van der Waals surface area (Å²) in [6.45, 7) is 2.33. The predicted molar refractivity (Wildman–Crippen MR) is 42.0 cm³/mol. The summed E-state index contributed by atoms with van der Waals surface area (Å²) in [6, 6.07) is 0. The monoisotopic (exact) mass is 174 g/mol. The van der Waals surface area contributed by atoms with Gasteiger partial charge in [-0.25, -0.2) is 4.79 Å². The molecule has 70 valence electrons. The number of carbonyl (C=O) groups is 1. The molecule has 0 bridgehead atoms. The standard InChI is InChI=1S/C8H14O4/c1-8(5-11-2)4-3-6(12-8)7(9)10/h6H,3-5H2,1-2H3,(H,9,10). The molecular weight excluding hydrogens is 160 g/mol. The molecule has 0 aromatic carbocycles. The molecule has 1 aliphatic rings. The van der Waals surface area contributed by atoms with Crippen molar-refractivity contribution in [2.45, 2.75) is 31.5 Å². The molecule has 0 aliphatic carbocycles. The molecule has 1 saturated heterocycles. The van der Waals surface area contributed by atoms with Crippen molar-refractivity contribution in [2.24, 2.45) is 0 Å². The highest BCUT2D eigenvalue weighted by molar-refractivity contribution is 5.72. The summed E-state index contributed by atoms with van der Waals surface area (Å²) in [7, 11) is 1.59. The van der Waals surface area contributed by atoms with Gasteiger partial charge in [0.05, 0.1) is 12.2 Å². The Kier molecular flexibility index (Phi) is 2.69. The van der Waals surface area contributed by atoms with Crippen LogP contribution >= 0.6 is 0 Å². The van der Waals surface area contributed by atoms with E-state index in [4.69, 9.17) is 14.6 Å². The van der Waals surface area contributed by atoms with Gasteiger partial charge in [-0.15, -0.1) is 0 Å². The highest BCUT2D eigenvalue weighted by Gasteiger charge is 2.39. The maximum Gasteiger partial charge on any atom is 0.332 e. The maximum absolute atomic E-state index is 10.5. The van der Waals surface area contributed by atoms with Crippen molar-refractivity contribution in [3.8, 4) is 0 Å². The Balaban J connectivity index is 2.48. The Labute approximate surface area is 71.5 Å². The molecule has 1 N–H and O–H groups in total. The van der Waals surface area contributed by atoms with Gasteiger partial charge in [0.25, 0.3) is 0 Å². The molecule has 0 radical (unpaired) electrons. The minimum absolute atomic E-state index is 0.405. The minimum Gasteiger partial charge on any atom is -0.479 e. The van der Waals surface area contributed by atoms with E-state index in [9.17, 15) is 4.79 Å². The highest BCUT2D eigenvalue weighted by atomic mass is 16.6. The Morgan fingerprint density at radius 1 is 1.83 bits per heavy atom. The van der Waals surface area contributed by atoms with E-state index in [1.165, 1.54) is 0 Å². The number of ether oxygens (including phenoxy) is 2. The molecule has 1 fully saturated rings. The molecule has 12 heavy (non-hydrogen) atoms. The van der Waals surface area contributed by atoms with Crippen molar-refractivity contribution >= 4 is 5.97 Å². The third kappa shape index (κ3) is 1.95. The smallest absolute Gasteiger partial charge is 0.332 e. The third-order valence-electron chi connectivity index (χ3n) is 2.09. The molecular formula is C8H14O4. The van der Waals surface area contributed by atoms with Crippen molar-refractivity contribution < 1.29 is 19.4 Å². The minimum atomic E-state index is -0.880. The predicted octanol–water partition coefficient (Wildman–Crippen LogP) is 0.655. The van der Waals surface area contributed by atoms with E-state index in [0.717, 1.165) is 6.42 Å². The molecule has 0 spiro atoms. The van der Waals surface area contributed by atoms with Crippen molar-refractivity contribution in [3.05, 3.63) is 0 Å². The molecule has 2 unspecified atom stereocenters. The van der Waals surface area contributed by atoms with Crippen LogP contribution < -0.4 is 0 Å². The normalized spacial score (nSPS) is 35.3. The first-order valence-corrected chi connectivity index (χ1v) is 3.97. The van der Waals surface area contributed by atoms with E-state index in [-0.39, 0.29) is 0 Å². The number of hydrogen-bond acceptors (Lipinski definition) is 3. The van der Waals surface area contributed by atoms with Crippen molar-refractivity contribution in [1.82, 2.24) is 0 Å². The Bertz CT molecular complexity index is 180. The second kappa shape index (κ2) is 3.41. The van der Waals surface area contributed by atoms with Gasteiger partial charge in [0.15, 0.2) is 6.10 Å². The number of aliphatic carboxylic acids is 1. The Morgan fingerprint density at radius 3 is 2.92 bits per heavy atom. The van der Waals surface area contributed by atoms with Gasteiger partial charge in [-0.3, -0.25) is 0 Å².